The summed E-state index contributed by atoms with van der Waals surface area (Å²) >= 11 is 6.98. The molecule has 92 valence electrons. The van der Waals surface area contributed by atoms with Gasteiger partial charge in [0.2, 0.25) is 5.91 Å². The van der Waals surface area contributed by atoms with Crippen LogP contribution in [0.25, 0.3) is 0 Å². The van der Waals surface area contributed by atoms with Crippen molar-refractivity contribution in [2.75, 3.05) is 11.6 Å². The maximum absolute atomic E-state index is 11.6. The van der Waals surface area contributed by atoms with E-state index in [9.17, 15) is 9.59 Å². The number of carboxylic acid groups (broad SMARTS) is 1. The highest BCUT2D eigenvalue weighted by Crippen LogP contribution is 2.39. The van der Waals surface area contributed by atoms with Crippen LogP contribution in [0.3, 0.4) is 0 Å². The predicted molar refractivity (Wildman–Crippen MR) is 65.6 cm³/mol. The molecule has 1 saturated heterocycles. The first-order chi connectivity index (χ1) is 8.07. The number of carbonyl (C=O) groups excluding carboxylic acids is 1. The van der Waals surface area contributed by atoms with E-state index in [0.717, 1.165) is 0 Å². The van der Waals surface area contributed by atoms with Crippen LogP contribution in [-0.2, 0) is 9.59 Å². The number of thioether (sulfide) groups is 1. The van der Waals surface area contributed by atoms with Gasteiger partial charge in [-0.3, -0.25) is 9.69 Å². The summed E-state index contributed by atoms with van der Waals surface area (Å²) in [6.45, 7) is 0. The number of rotatable bonds is 3. The largest absolute Gasteiger partial charge is 0.477 e. The molecule has 2 aliphatic rings. The van der Waals surface area contributed by atoms with Crippen molar-refractivity contribution in [2.45, 2.75) is 11.4 Å². The van der Waals surface area contributed by atoms with Crippen molar-refractivity contribution >= 4 is 35.2 Å². The molecule has 2 aliphatic heterocycles. The molecule has 0 spiro atoms. The standard InChI is InChI=1S/C10H11ClN2O3S/c11-3-1-2-5-4-17-9-6(12)8(14)13(9)7(5)10(15)16/h1-2,6,9H,3-4,12H2,(H,15,16)/t6?,9-/m0/s1. The molecule has 0 aliphatic carbocycles. The molecular weight excluding hydrogens is 264 g/mol. The minimum absolute atomic E-state index is 0.0295. The quantitative estimate of drug-likeness (QED) is 0.574. The van der Waals surface area contributed by atoms with Crippen molar-refractivity contribution in [3.05, 3.63) is 23.4 Å². The van der Waals surface area contributed by atoms with Gasteiger partial charge in [0, 0.05) is 11.6 Å². The Balaban J connectivity index is 2.36. The number of allylic oxidation sites excluding steroid dienone is 2. The Morgan fingerprint density at radius 3 is 3.00 bits per heavy atom. The van der Waals surface area contributed by atoms with Crippen LogP contribution in [0.15, 0.2) is 23.4 Å². The Bertz CT molecular complexity index is 435. The van der Waals surface area contributed by atoms with Gasteiger partial charge in [0.1, 0.15) is 17.1 Å². The van der Waals surface area contributed by atoms with E-state index in [1.807, 2.05) is 0 Å². The third-order valence-corrected chi connectivity index (χ3v) is 4.15. The second-order valence-corrected chi connectivity index (χ2v) is 5.08. The molecule has 0 saturated carbocycles. The molecule has 2 atom stereocenters. The monoisotopic (exact) mass is 274 g/mol. The van der Waals surface area contributed by atoms with Gasteiger partial charge in [-0.05, 0) is 5.57 Å². The number of fused-ring (bicyclic) bond motifs is 1. The van der Waals surface area contributed by atoms with Gasteiger partial charge in [-0.1, -0.05) is 12.2 Å². The van der Waals surface area contributed by atoms with Crippen LogP contribution in [-0.4, -0.2) is 44.9 Å². The molecule has 17 heavy (non-hydrogen) atoms. The van der Waals surface area contributed by atoms with Gasteiger partial charge in [0.05, 0.1) is 0 Å². The number of alkyl halides is 1. The predicted octanol–water partition coefficient (Wildman–Crippen LogP) is 0.362. The topological polar surface area (TPSA) is 83.6 Å². The lowest BCUT2D eigenvalue weighted by atomic mass is 10.0. The van der Waals surface area contributed by atoms with Crippen molar-refractivity contribution in [1.82, 2.24) is 4.90 Å². The van der Waals surface area contributed by atoms with Crippen LogP contribution >= 0.6 is 23.4 Å². The first-order valence-corrected chi connectivity index (χ1v) is 6.55. The van der Waals surface area contributed by atoms with Crippen LogP contribution in [0, 0.1) is 0 Å². The highest BCUT2D eigenvalue weighted by molar-refractivity contribution is 8.00. The molecule has 1 amide bonds. The summed E-state index contributed by atoms with van der Waals surface area (Å²) in [6, 6.07) is -0.590. The van der Waals surface area contributed by atoms with E-state index in [1.165, 1.54) is 16.7 Å². The molecule has 1 unspecified atom stereocenters. The number of nitrogens with two attached hydrogens (primary N) is 1. The summed E-state index contributed by atoms with van der Waals surface area (Å²) in [5.74, 6) is -0.615. The Kier molecular flexibility index (Phi) is 3.46. The third-order valence-electron chi connectivity index (χ3n) is 2.65. The zero-order chi connectivity index (χ0) is 12.6. The minimum Gasteiger partial charge on any atom is -0.477 e. The van der Waals surface area contributed by atoms with Gasteiger partial charge >= 0.3 is 5.97 Å². The summed E-state index contributed by atoms with van der Waals surface area (Å²) in [6.07, 6.45) is 3.31. The lowest BCUT2D eigenvalue weighted by Crippen LogP contribution is -2.68. The van der Waals surface area contributed by atoms with E-state index in [4.69, 9.17) is 22.4 Å². The molecule has 3 N–H and O–H groups in total. The van der Waals surface area contributed by atoms with Gasteiger partial charge in [-0.25, -0.2) is 4.79 Å². The lowest BCUT2D eigenvalue weighted by Gasteiger charge is -2.47. The average molecular weight is 275 g/mol. The Labute approximate surface area is 107 Å². The van der Waals surface area contributed by atoms with Crippen molar-refractivity contribution in [1.29, 1.82) is 0 Å². The summed E-state index contributed by atoms with van der Waals surface area (Å²) in [5, 5.41) is 8.92. The lowest BCUT2D eigenvalue weighted by molar-refractivity contribution is -0.147. The van der Waals surface area contributed by atoms with Crippen molar-refractivity contribution < 1.29 is 14.7 Å². The number of aliphatic carboxylic acids is 1. The number of hydrogen-bond donors (Lipinski definition) is 2. The van der Waals surface area contributed by atoms with E-state index in [2.05, 4.69) is 0 Å². The van der Waals surface area contributed by atoms with E-state index in [1.54, 1.807) is 12.2 Å². The Morgan fingerprint density at radius 2 is 2.41 bits per heavy atom. The SMILES string of the molecule is NC1C(=O)N2C(C(=O)O)=C(C=CCCl)CS[C@@H]12. The average Bonchev–Trinajstić information content (AvgIpc) is 2.33. The maximum Gasteiger partial charge on any atom is 0.352 e. The fourth-order valence-electron chi connectivity index (χ4n) is 1.85. The molecule has 0 bridgehead atoms. The van der Waals surface area contributed by atoms with Crippen molar-refractivity contribution in [2.24, 2.45) is 5.73 Å². The van der Waals surface area contributed by atoms with E-state index in [-0.39, 0.29) is 17.0 Å². The van der Waals surface area contributed by atoms with Gasteiger partial charge in [0.25, 0.3) is 0 Å². The smallest absolute Gasteiger partial charge is 0.352 e. The van der Waals surface area contributed by atoms with Crippen LogP contribution in [0.2, 0.25) is 0 Å². The Morgan fingerprint density at radius 1 is 1.71 bits per heavy atom. The number of hydrogen-bond acceptors (Lipinski definition) is 4. The summed E-state index contributed by atoms with van der Waals surface area (Å²) < 4.78 is 0. The molecule has 5 nitrogen and oxygen atoms in total. The minimum atomic E-state index is -1.11. The molecule has 0 aromatic rings. The first kappa shape index (κ1) is 12.5. The molecule has 0 aromatic carbocycles. The molecule has 2 heterocycles. The number of carboxylic acids is 1. The third kappa shape index (κ3) is 1.96. The number of amides is 1. The first-order valence-electron chi connectivity index (χ1n) is 4.97. The molecule has 7 heteroatoms. The van der Waals surface area contributed by atoms with Crippen LogP contribution in [0.5, 0.6) is 0 Å². The Hall–Kier alpha value is -0.980. The molecule has 0 aromatic heterocycles. The second kappa shape index (κ2) is 4.72. The van der Waals surface area contributed by atoms with Gasteiger partial charge in [-0.2, -0.15) is 0 Å². The van der Waals surface area contributed by atoms with Gasteiger partial charge in [-0.15, -0.1) is 23.4 Å². The number of nitrogens with zero attached hydrogens (tertiary/aromatic N) is 1. The number of β-lactam (4-membered cyclic amide) rings is 1. The summed E-state index contributed by atoms with van der Waals surface area (Å²) in [4.78, 5) is 24.0. The molecular formula is C10H11ClN2O3S. The van der Waals surface area contributed by atoms with E-state index in [0.29, 0.717) is 17.2 Å². The fraction of sp³-hybridized carbons (Fsp3) is 0.400. The normalized spacial score (nSPS) is 28.4. The summed E-state index contributed by atoms with van der Waals surface area (Å²) in [5.41, 5.74) is 6.24. The van der Waals surface area contributed by atoms with Crippen LogP contribution in [0.4, 0.5) is 0 Å². The molecule has 1 fully saturated rings. The van der Waals surface area contributed by atoms with Crippen LogP contribution in [0.1, 0.15) is 0 Å². The highest BCUT2D eigenvalue weighted by atomic mass is 35.5. The second-order valence-electron chi connectivity index (χ2n) is 3.67. The zero-order valence-corrected chi connectivity index (χ0v) is 10.4. The number of halogens is 1. The van der Waals surface area contributed by atoms with Crippen molar-refractivity contribution in [3.8, 4) is 0 Å². The van der Waals surface area contributed by atoms with E-state index >= 15 is 0 Å². The van der Waals surface area contributed by atoms with Gasteiger partial charge < -0.3 is 10.8 Å². The summed E-state index contributed by atoms with van der Waals surface area (Å²) in [7, 11) is 0. The molecule has 2 rings (SSSR count). The highest BCUT2D eigenvalue weighted by Gasteiger charge is 2.51. The number of carbonyl (C=O) groups is 2. The van der Waals surface area contributed by atoms with E-state index < -0.39 is 12.0 Å². The van der Waals surface area contributed by atoms with Crippen LogP contribution < -0.4 is 5.73 Å². The molecule has 0 radical (unpaired) electrons. The fourth-order valence-corrected chi connectivity index (χ4v) is 3.21. The zero-order valence-electron chi connectivity index (χ0n) is 8.80. The maximum atomic E-state index is 11.6. The van der Waals surface area contributed by atoms with Crippen molar-refractivity contribution in [3.63, 3.8) is 0 Å². The van der Waals surface area contributed by atoms with Gasteiger partial charge in [0.15, 0.2) is 0 Å².